The highest BCUT2D eigenvalue weighted by atomic mass is 16.3. The lowest BCUT2D eigenvalue weighted by Crippen LogP contribution is -2.15. The number of phenolic OH excluding ortho intramolecular Hbond substituents is 2. The Morgan fingerprint density at radius 2 is 1.85 bits per heavy atom. The van der Waals surface area contributed by atoms with E-state index in [1.807, 2.05) is 13.8 Å². The predicted molar refractivity (Wildman–Crippen MR) is 96.8 cm³/mol. The Morgan fingerprint density at radius 1 is 1.15 bits per heavy atom. The van der Waals surface area contributed by atoms with E-state index in [2.05, 4.69) is 10.2 Å². The first-order valence-electron chi connectivity index (χ1n) is 8.19. The molecular weight excluding hydrogens is 334 g/mol. The molecule has 7 nitrogen and oxygen atoms in total. The highest BCUT2D eigenvalue weighted by Crippen LogP contribution is 2.37. The van der Waals surface area contributed by atoms with E-state index in [4.69, 9.17) is 0 Å². The molecule has 0 saturated carbocycles. The second kappa shape index (κ2) is 6.87. The highest BCUT2D eigenvalue weighted by molar-refractivity contribution is 5.69. The van der Waals surface area contributed by atoms with Crippen LogP contribution in [0.15, 0.2) is 41.2 Å². The summed E-state index contributed by atoms with van der Waals surface area (Å²) in [6.45, 7) is 3.83. The Labute approximate surface area is 149 Å². The molecular formula is C19H19N3O4. The highest BCUT2D eigenvalue weighted by Gasteiger charge is 2.19. The average Bonchev–Trinajstić information content (AvgIpc) is 2.97. The molecule has 134 valence electrons. The van der Waals surface area contributed by atoms with Crippen LogP contribution in [0.4, 0.5) is 0 Å². The molecule has 0 saturated heterocycles. The first-order valence-corrected chi connectivity index (χ1v) is 8.19. The molecule has 0 fully saturated rings. The Bertz CT molecular complexity index is 1000. The van der Waals surface area contributed by atoms with Crippen molar-refractivity contribution in [1.82, 2.24) is 14.8 Å². The van der Waals surface area contributed by atoms with Gasteiger partial charge in [-0.2, -0.15) is 5.10 Å². The number of hydrogen-bond acceptors (Lipinski definition) is 5. The minimum Gasteiger partial charge on any atom is -0.508 e. The molecule has 3 rings (SSSR count). The van der Waals surface area contributed by atoms with Gasteiger partial charge in [0.15, 0.2) is 5.82 Å². The van der Waals surface area contributed by atoms with Crippen LogP contribution in [0.5, 0.6) is 11.5 Å². The van der Waals surface area contributed by atoms with Crippen molar-refractivity contribution in [3.8, 4) is 28.6 Å². The summed E-state index contributed by atoms with van der Waals surface area (Å²) < 4.78 is 1.33. The molecule has 1 heterocycles. The van der Waals surface area contributed by atoms with Crippen molar-refractivity contribution in [3.63, 3.8) is 0 Å². The van der Waals surface area contributed by atoms with Crippen LogP contribution >= 0.6 is 0 Å². The van der Waals surface area contributed by atoms with Gasteiger partial charge in [0.2, 0.25) is 0 Å². The topological polar surface area (TPSA) is 108 Å². The van der Waals surface area contributed by atoms with Crippen LogP contribution in [0.25, 0.3) is 17.1 Å². The van der Waals surface area contributed by atoms with E-state index in [1.54, 1.807) is 30.3 Å². The number of nitrogens with one attached hydrogen (secondary N) is 1. The van der Waals surface area contributed by atoms with Gasteiger partial charge in [-0.15, -0.1) is 0 Å². The van der Waals surface area contributed by atoms with Crippen LogP contribution in [-0.4, -0.2) is 31.3 Å². The summed E-state index contributed by atoms with van der Waals surface area (Å²) in [6.07, 6.45) is 1.11. The summed E-state index contributed by atoms with van der Waals surface area (Å²) in [5, 5.41) is 26.7. The van der Waals surface area contributed by atoms with E-state index in [0.29, 0.717) is 23.2 Å². The van der Waals surface area contributed by atoms with Crippen LogP contribution in [0, 0.1) is 0 Å². The average molecular weight is 353 g/mol. The number of hydrogen-bond donors (Lipinski definition) is 3. The van der Waals surface area contributed by atoms with Gasteiger partial charge in [0, 0.05) is 12.5 Å². The molecule has 0 aliphatic heterocycles. The molecule has 2 aromatic carbocycles. The second-order valence-electron chi connectivity index (χ2n) is 6.31. The first kappa shape index (κ1) is 17.5. The fourth-order valence-corrected chi connectivity index (χ4v) is 2.83. The number of H-pyrrole nitrogens is 1. The van der Waals surface area contributed by atoms with Crippen LogP contribution in [0.1, 0.15) is 30.9 Å². The van der Waals surface area contributed by atoms with Crippen LogP contribution < -0.4 is 5.69 Å². The van der Waals surface area contributed by atoms with Gasteiger partial charge in [-0.3, -0.25) is 0 Å². The number of aromatic hydroxyl groups is 2. The minimum absolute atomic E-state index is 0.0103. The summed E-state index contributed by atoms with van der Waals surface area (Å²) in [6, 6.07) is 9.80. The summed E-state index contributed by atoms with van der Waals surface area (Å²) >= 11 is 0. The maximum atomic E-state index is 12.3. The molecule has 7 heteroatoms. The third-order valence-electron chi connectivity index (χ3n) is 4.19. The smallest absolute Gasteiger partial charge is 0.348 e. The van der Waals surface area contributed by atoms with Gasteiger partial charge in [-0.1, -0.05) is 26.0 Å². The zero-order valence-corrected chi connectivity index (χ0v) is 14.4. The number of aromatic nitrogens is 3. The molecule has 0 aliphatic carbocycles. The number of nitrogens with zero attached hydrogens (tertiary/aromatic N) is 2. The molecule has 0 spiro atoms. The number of benzene rings is 2. The van der Waals surface area contributed by atoms with Crippen molar-refractivity contribution in [2.45, 2.75) is 26.2 Å². The van der Waals surface area contributed by atoms with Gasteiger partial charge in [0.1, 0.15) is 17.8 Å². The standard InChI is InChI=1S/C19H19N3O4/c1-11(2)14-9-15(17(25)10-16(14)24)18-20-21-19(26)22(18)13-5-3-12(4-6-13)7-8-23/h3-6,8-11,24-25H,7H2,1-2H3,(H,21,26). The molecule has 3 N–H and O–H groups in total. The predicted octanol–water partition coefficient (Wildman–Crippen LogP) is 2.50. The molecule has 0 atom stereocenters. The molecule has 1 aromatic heterocycles. The van der Waals surface area contributed by atoms with Crippen LogP contribution in [0.3, 0.4) is 0 Å². The lowest BCUT2D eigenvalue weighted by molar-refractivity contribution is -0.107. The Morgan fingerprint density at radius 3 is 2.46 bits per heavy atom. The maximum absolute atomic E-state index is 12.3. The Balaban J connectivity index is 2.16. The largest absolute Gasteiger partial charge is 0.508 e. The van der Waals surface area contributed by atoms with E-state index >= 15 is 0 Å². The van der Waals surface area contributed by atoms with Crippen molar-refractivity contribution >= 4 is 6.29 Å². The number of carbonyl (C=O) groups is 1. The zero-order chi connectivity index (χ0) is 18.8. The number of phenols is 2. The Kier molecular flexibility index (Phi) is 4.62. The third-order valence-corrected chi connectivity index (χ3v) is 4.19. The minimum atomic E-state index is -0.457. The molecule has 0 aliphatic rings. The van der Waals surface area contributed by atoms with Crippen molar-refractivity contribution in [3.05, 3.63) is 58.0 Å². The monoisotopic (exact) mass is 353 g/mol. The first-order chi connectivity index (χ1) is 12.4. The molecule has 3 aromatic rings. The Hall–Kier alpha value is -3.35. The normalized spacial score (nSPS) is 11.0. The molecule has 0 bridgehead atoms. The fourth-order valence-electron chi connectivity index (χ4n) is 2.83. The van der Waals surface area contributed by atoms with E-state index in [0.717, 1.165) is 11.8 Å². The van der Waals surface area contributed by atoms with Crippen LogP contribution in [-0.2, 0) is 11.2 Å². The number of carbonyl (C=O) groups excluding carboxylic acids is 1. The molecule has 0 radical (unpaired) electrons. The fraction of sp³-hybridized carbons (Fsp3) is 0.211. The molecule has 0 unspecified atom stereocenters. The zero-order valence-electron chi connectivity index (χ0n) is 14.4. The lowest BCUT2D eigenvalue weighted by atomic mass is 9.98. The molecule has 26 heavy (non-hydrogen) atoms. The van der Waals surface area contributed by atoms with E-state index < -0.39 is 5.69 Å². The van der Waals surface area contributed by atoms with Gasteiger partial charge >= 0.3 is 5.69 Å². The van der Waals surface area contributed by atoms with Gasteiger partial charge in [0.25, 0.3) is 0 Å². The number of aromatic amines is 1. The van der Waals surface area contributed by atoms with Crippen molar-refractivity contribution in [2.75, 3.05) is 0 Å². The summed E-state index contributed by atoms with van der Waals surface area (Å²) in [5.41, 5.74) is 1.90. The van der Waals surface area contributed by atoms with Gasteiger partial charge in [0.05, 0.1) is 11.3 Å². The van der Waals surface area contributed by atoms with E-state index in [1.165, 1.54) is 10.6 Å². The summed E-state index contributed by atoms with van der Waals surface area (Å²) in [5.74, 6) is 0.0715. The lowest BCUT2D eigenvalue weighted by Gasteiger charge is -2.13. The van der Waals surface area contributed by atoms with Gasteiger partial charge in [-0.25, -0.2) is 14.5 Å². The van der Waals surface area contributed by atoms with Crippen molar-refractivity contribution in [2.24, 2.45) is 0 Å². The number of aldehydes is 1. The van der Waals surface area contributed by atoms with Gasteiger partial charge in [-0.05, 0) is 35.2 Å². The molecule has 0 amide bonds. The van der Waals surface area contributed by atoms with E-state index in [9.17, 15) is 19.8 Å². The SMILES string of the molecule is CC(C)c1cc(-c2n[nH]c(=O)n2-c2ccc(CC=O)cc2)c(O)cc1O. The maximum Gasteiger partial charge on any atom is 0.348 e. The summed E-state index contributed by atoms with van der Waals surface area (Å²) in [4.78, 5) is 22.9. The van der Waals surface area contributed by atoms with Crippen molar-refractivity contribution < 1.29 is 15.0 Å². The quantitative estimate of drug-likeness (QED) is 0.611. The van der Waals surface area contributed by atoms with Crippen LogP contribution in [0.2, 0.25) is 0 Å². The number of rotatable bonds is 5. The summed E-state index contributed by atoms with van der Waals surface area (Å²) in [7, 11) is 0. The van der Waals surface area contributed by atoms with Gasteiger partial charge < -0.3 is 15.0 Å². The third kappa shape index (κ3) is 3.11. The van der Waals surface area contributed by atoms with E-state index in [-0.39, 0.29) is 23.2 Å². The second-order valence-corrected chi connectivity index (χ2v) is 6.31. The van der Waals surface area contributed by atoms with Crippen molar-refractivity contribution in [1.29, 1.82) is 0 Å².